The number of ether oxygens (including phenoxy) is 2. The number of benzene rings is 1. The van der Waals surface area contributed by atoms with E-state index in [4.69, 9.17) is 9.47 Å². The van der Waals surface area contributed by atoms with Gasteiger partial charge in [0.25, 0.3) is 11.6 Å². The van der Waals surface area contributed by atoms with Crippen LogP contribution in [-0.4, -0.2) is 35.5 Å². The SMILES string of the molecule is COc1ccc([N+](=O)[O-])cc1OCC(=O)N(C1=CCCCC1)C1CC1. The lowest BCUT2D eigenvalue weighted by Crippen LogP contribution is -2.36. The molecule has 25 heavy (non-hydrogen) atoms. The molecule has 0 aliphatic heterocycles. The molecule has 7 heteroatoms. The third-order valence-electron chi connectivity index (χ3n) is 4.47. The minimum absolute atomic E-state index is 0.0997. The minimum Gasteiger partial charge on any atom is -0.493 e. The van der Waals surface area contributed by atoms with Crippen LogP contribution in [0.4, 0.5) is 5.69 Å². The highest BCUT2D eigenvalue weighted by atomic mass is 16.6. The molecule has 2 aliphatic rings. The Morgan fingerprint density at radius 1 is 1.32 bits per heavy atom. The van der Waals surface area contributed by atoms with Crippen LogP contribution in [0, 0.1) is 10.1 Å². The summed E-state index contributed by atoms with van der Waals surface area (Å²) in [5.74, 6) is 0.468. The van der Waals surface area contributed by atoms with E-state index < -0.39 is 4.92 Å². The van der Waals surface area contributed by atoms with Gasteiger partial charge in [0.05, 0.1) is 18.1 Å². The lowest BCUT2D eigenvalue weighted by Gasteiger charge is -2.27. The Labute approximate surface area is 146 Å². The number of amides is 1. The highest BCUT2D eigenvalue weighted by Crippen LogP contribution is 2.35. The monoisotopic (exact) mass is 346 g/mol. The molecule has 7 nitrogen and oxygen atoms in total. The first-order chi connectivity index (χ1) is 12.1. The Hall–Kier alpha value is -2.57. The Morgan fingerprint density at radius 2 is 2.12 bits per heavy atom. The van der Waals surface area contributed by atoms with E-state index in [-0.39, 0.29) is 30.0 Å². The van der Waals surface area contributed by atoms with Gasteiger partial charge in [-0.3, -0.25) is 14.9 Å². The Bertz CT molecular complexity index is 697. The standard InChI is InChI=1S/C18H22N2O5/c1-24-16-10-9-15(20(22)23)11-17(16)25-12-18(21)19(14-7-8-14)13-5-3-2-4-6-13/h5,9-11,14H,2-4,6-8,12H2,1H3. The summed E-state index contributed by atoms with van der Waals surface area (Å²) in [6.07, 6.45) is 8.37. The van der Waals surface area contributed by atoms with Crippen molar-refractivity contribution in [2.75, 3.05) is 13.7 Å². The molecule has 0 atom stereocenters. The van der Waals surface area contributed by atoms with Gasteiger partial charge < -0.3 is 14.4 Å². The maximum Gasteiger partial charge on any atom is 0.273 e. The molecular formula is C18H22N2O5. The van der Waals surface area contributed by atoms with Crippen molar-refractivity contribution in [1.29, 1.82) is 0 Å². The summed E-state index contributed by atoms with van der Waals surface area (Å²) in [5, 5.41) is 10.9. The second-order valence-corrected chi connectivity index (χ2v) is 6.32. The van der Waals surface area contributed by atoms with Crippen molar-refractivity contribution in [2.45, 2.75) is 44.6 Å². The molecule has 0 saturated heterocycles. The molecule has 1 fully saturated rings. The third-order valence-corrected chi connectivity index (χ3v) is 4.47. The Morgan fingerprint density at radius 3 is 2.72 bits per heavy atom. The number of methoxy groups -OCH3 is 1. The van der Waals surface area contributed by atoms with Crippen molar-refractivity contribution in [2.24, 2.45) is 0 Å². The molecule has 134 valence electrons. The van der Waals surface area contributed by atoms with Crippen molar-refractivity contribution in [3.63, 3.8) is 0 Å². The first-order valence-corrected chi connectivity index (χ1v) is 8.56. The smallest absolute Gasteiger partial charge is 0.273 e. The lowest BCUT2D eigenvalue weighted by molar-refractivity contribution is -0.385. The number of carbonyl (C=O) groups excluding carboxylic acids is 1. The molecule has 3 rings (SSSR count). The molecule has 1 aromatic carbocycles. The predicted molar refractivity (Wildman–Crippen MR) is 91.6 cm³/mol. The van der Waals surface area contributed by atoms with Crippen LogP contribution in [0.5, 0.6) is 11.5 Å². The zero-order chi connectivity index (χ0) is 17.8. The van der Waals surface area contributed by atoms with Crippen molar-refractivity contribution in [3.05, 3.63) is 40.1 Å². The normalized spacial score (nSPS) is 16.8. The fourth-order valence-electron chi connectivity index (χ4n) is 3.07. The summed E-state index contributed by atoms with van der Waals surface area (Å²) >= 11 is 0. The van der Waals surface area contributed by atoms with Gasteiger partial charge in [-0.05, 0) is 44.6 Å². The van der Waals surface area contributed by atoms with E-state index in [1.807, 2.05) is 4.90 Å². The first-order valence-electron chi connectivity index (χ1n) is 8.56. The van der Waals surface area contributed by atoms with Gasteiger partial charge >= 0.3 is 0 Å². The molecule has 0 bridgehead atoms. The number of hydrogen-bond donors (Lipinski definition) is 0. The molecule has 0 N–H and O–H groups in total. The fraction of sp³-hybridized carbons (Fsp3) is 0.500. The number of nitrogens with zero attached hydrogens (tertiary/aromatic N) is 2. The molecule has 2 aliphatic carbocycles. The van der Waals surface area contributed by atoms with Crippen LogP contribution in [0.3, 0.4) is 0 Å². The Kier molecular flexibility index (Phi) is 5.21. The fourth-order valence-corrected chi connectivity index (χ4v) is 3.07. The number of nitro benzene ring substituents is 1. The summed E-state index contributed by atoms with van der Waals surface area (Å²) in [5.41, 5.74) is 0.991. The van der Waals surface area contributed by atoms with Crippen LogP contribution in [0.25, 0.3) is 0 Å². The second-order valence-electron chi connectivity index (χ2n) is 6.32. The van der Waals surface area contributed by atoms with E-state index in [9.17, 15) is 14.9 Å². The van der Waals surface area contributed by atoms with E-state index >= 15 is 0 Å². The van der Waals surface area contributed by atoms with Crippen LogP contribution in [0.1, 0.15) is 38.5 Å². The Balaban J connectivity index is 1.71. The summed E-state index contributed by atoms with van der Waals surface area (Å²) in [7, 11) is 1.46. The average molecular weight is 346 g/mol. The summed E-state index contributed by atoms with van der Waals surface area (Å²) in [6.45, 7) is -0.161. The predicted octanol–water partition coefficient (Wildman–Crippen LogP) is 3.43. The largest absolute Gasteiger partial charge is 0.493 e. The van der Waals surface area contributed by atoms with E-state index in [1.165, 1.54) is 25.3 Å². The number of allylic oxidation sites excluding steroid dienone is 2. The average Bonchev–Trinajstić information content (AvgIpc) is 3.45. The lowest BCUT2D eigenvalue weighted by atomic mass is 10.0. The summed E-state index contributed by atoms with van der Waals surface area (Å²) in [6, 6.07) is 4.37. The van der Waals surface area contributed by atoms with Crippen molar-refractivity contribution in [1.82, 2.24) is 4.90 Å². The molecule has 0 radical (unpaired) electrons. The van der Waals surface area contributed by atoms with Gasteiger partial charge in [0.1, 0.15) is 0 Å². The van der Waals surface area contributed by atoms with Crippen LogP contribution >= 0.6 is 0 Å². The molecule has 0 heterocycles. The number of carbonyl (C=O) groups is 1. The molecule has 0 unspecified atom stereocenters. The zero-order valence-electron chi connectivity index (χ0n) is 14.3. The number of non-ortho nitro benzene ring substituents is 1. The summed E-state index contributed by atoms with van der Waals surface area (Å²) < 4.78 is 10.7. The maximum atomic E-state index is 12.7. The minimum atomic E-state index is -0.503. The van der Waals surface area contributed by atoms with Gasteiger partial charge in [0.2, 0.25) is 0 Å². The molecule has 0 aromatic heterocycles. The van der Waals surface area contributed by atoms with Crippen molar-refractivity contribution >= 4 is 11.6 Å². The quantitative estimate of drug-likeness (QED) is 0.558. The van der Waals surface area contributed by atoms with Crippen LogP contribution in [0.2, 0.25) is 0 Å². The molecule has 0 spiro atoms. The third kappa shape index (κ3) is 4.10. The van der Waals surface area contributed by atoms with Gasteiger partial charge in [0.15, 0.2) is 18.1 Å². The van der Waals surface area contributed by atoms with Crippen LogP contribution in [0.15, 0.2) is 30.0 Å². The van der Waals surface area contributed by atoms with E-state index in [2.05, 4.69) is 6.08 Å². The molecule has 1 saturated carbocycles. The van der Waals surface area contributed by atoms with Gasteiger partial charge in [-0.1, -0.05) is 6.08 Å². The van der Waals surface area contributed by atoms with E-state index in [0.29, 0.717) is 5.75 Å². The molecule has 1 amide bonds. The van der Waals surface area contributed by atoms with Gasteiger partial charge in [0, 0.05) is 17.8 Å². The topological polar surface area (TPSA) is 81.9 Å². The summed E-state index contributed by atoms with van der Waals surface area (Å²) in [4.78, 5) is 25.0. The zero-order valence-corrected chi connectivity index (χ0v) is 14.3. The van der Waals surface area contributed by atoms with E-state index in [0.717, 1.165) is 44.2 Å². The number of rotatable bonds is 7. The van der Waals surface area contributed by atoms with Crippen molar-refractivity contribution < 1.29 is 19.2 Å². The van der Waals surface area contributed by atoms with Gasteiger partial charge in [-0.2, -0.15) is 0 Å². The van der Waals surface area contributed by atoms with E-state index in [1.54, 1.807) is 0 Å². The van der Waals surface area contributed by atoms with Crippen LogP contribution in [-0.2, 0) is 4.79 Å². The van der Waals surface area contributed by atoms with Gasteiger partial charge in [-0.25, -0.2) is 0 Å². The second kappa shape index (κ2) is 7.55. The highest BCUT2D eigenvalue weighted by Gasteiger charge is 2.35. The van der Waals surface area contributed by atoms with Crippen LogP contribution < -0.4 is 9.47 Å². The van der Waals surface area contributed by atoms with Gasteiger partial charge in [-0.15, -0.1) is 0 Å². The first kappa shape index (κ1) is 17.3. The van der Waals surface area contributed by atoms with Crippen molar-refractivity contribution in [3.8, 4) is 11.5 Å². The molecule has 1 aromatic rings. The number of hydrogen-bond acceptors (Lipinski definition) is 5. The maximum absolute atomic E-state index is 12.7. The number of nitro groups is 1. The highest BCUT2D eigenvalue weighted by molar-refractivity contribution is 5.80. The molecular weight excluding hydrogens is 324 g/mol.